The number of morpholine rings is 1. The third-order valence-corrected chi connectivity index (χ3v) is 6.89. The molecule has 158 valence electrons. The van der Waals surface area contributed by atoms with E-state index < -0.39 is 0 Å². The highest BCUT2D eigenvalue weighted by molar-refractivity contribution is 7.22. The lowest BCUT2D eigenvalue weighted by atomic mass is 10.1. The summed E-state index contributed by atoms with van der Waals surface area (Å²) in [6, 6.07) is 14.5. The normalized spacial score (nSPS) is 14.9. The quantitative estimate of drug-likeness (QED) is 0.571. The van der Waals surface area contributed by atoms with Gasteiger partial charge >= 0.3 is 0 Å². The minimum atomic E-state index is 0.140. The molecule has 1 saturated heterocycles. The Morgan fingerprint density at radius 1 is 1.10 bits per heavy atom. The first-order valence-electron chi connectivity index (χ1n) is 10.6. The summed E-state index contributed by atoms with van der Waals surface area (Å²) in [5.74, 6) is 0.140. The van der Waals surface area contributed by atoms with Crippen LogP contribution in [0.1, 0.15) is 23.1 Å². The number of carbonyl (C=O) groups is 1. The average Bonchev–Trinajstić information content (AvgIpc) is 3.23. The minimum Gasteiger partial charge on any atom is -0.379 e. The Hall–Kier alpha value is -2.28. The summed E-state index contributed by atoms with van der Waals surface area (Å²) in [6.45, 7) is 9.07. The van der Waals surface area contributed by atoms with Crippen LogP contribution in [0.2, 0.25) is 0 Å². The second-order valence-electron chi connectivity index (χ2n) is 7.86. The van der Waals surface area contributed by atoms with Crippen molar-refractivity contribution in [2.45, 2.75) is 26.7 Å². The van der Waals surface area contributed by atoms with Crippen LogP contribution in [-0.4, -0.2) is 55.2 Å². The molecule has 4 rings (SSSR count). The number of amides is 1. The fraction of sp³-hybridized carbons (Fsp3) is 0.417. The van der Waals surface area contributed by atoms with E-state index in [0.717, 1.165) is 55.5 Å². The Morgan fingerprint density at radius 2 is 1.83 bits per heavy atom. The average molecular weight is 424 g/mol. The van der Waals surface area contributed by atoms with Crippen molar-refractivity contribution in [3.8, 4) is 0 Å². The van der Waals surface area contributed by atoms with E-state index in [9.17, 15) is 4.79 Å². The van der Waals surface area contributed by atoms with Gasteiger partial charge in [0.15, 0.2) is 5.13 Å². The van der Waals surface area contributed by atoms with Gasteiger partial charge in [-0.15, -0.1) is 0 Å². The Bertz CT molecular complexity index is 957. The Labute approximate surface area is 182 Å². The molecule has 3 aromatic rings. The highest BCUT2D eigenvalue weighted by Crippen LogP contribution is 2.33. The zero-order valence-electron chi connectivity index (χ0n) is 17.8. The molecule has 0 N–H and O–H groups in total. The number of carbonyl (C=O) groups excluding carboxylic acids is 1. The maximum Gasteiger partial charge on any atom is 0.229 e. The highest BCUT2D eigenvalue weighted by atomic mass is 32.1. The van der Waals surface area contributed by atoms with Gasteiger partial charge in [-0.3, -0.25) is 14.6 Å². The molecule has 1 aromatic heterocycles. The lowest BCUT2D eigenvalue weighted by Gasteiger charge is -2.29. The van der Waals surface area contributed by atoms with E-state index in [2.05, 4.69) is 43.0 Å². The van der Waals surface area contributed by atoms with Crippen molar-refractivity contribution in [2.24, 2.45) is 0 Å². The molecule has 5 nitrogen and oxygen atoms in total. The predicted octanol–water partition coefficient (Wildman–Crippen LogP) is 4.21. The van der Waals surface area contributed by atoms with Crippen molar-refractivity contribution in [3.05, 3.63) is 59.2 Å². The molecule has 2 aromatic carbocycles. The third-order valence-electron chi connectivity index (χ3n) is 5.68. The van der Waals surface area contributed by atoms with Crippen LogP contribution in [0.4, 0.5) is 5.13 Å². The first kappa shape index (κ1) is 21.0. The molecule has 0 atom stereocenters. The monoisotopic (exact) mass is 423 g/mol. The van der Waals surface area contributed by atoms with Crippen LogP contribution in [0.25, 0.3) is 10.2 Å². The molecule has 0 radical (unpaired) electrons. The summed E-state index contributed by atoms with van der Waals surface area (Å²) in [5, 5.41) is 0.814. The van der Waals surface area contributed by atoms with Crippen LogP contribution >= 0.6 is 11.3 Å². The number of hydrogen-bond acceptors (Lipinski definition) is 5. The molecule has 2 heterocycles. The van der Waals surface area contributed by atoms with Crippen molar-refractivity contribution in [1.82, 2.24) is 9.88 Å². The number of hydrogen-bond donors (Lipinski definition) is 0. The third kappa shape index (κ3) is 4.89. The molecule has 0 spiro atoms. The number of benzene rings is 2. The van der Waals surface area contributed by atoms with Gasteiger partial charge in [-0.2, -0.15) is 0 Å². The van der Waals surface area contributed by atoms with Gasteiger partial charge in [-0.1, -0.05) is 53.8 Å². The molecule has 0 unspecified atom stereocenters. The fourth-order valence-electron chi connectivity index (χ4n) is 3.79. The zero-order chi connectivity index (χ0) is 20.9. The van der Waals surface area contributed by atoms with Gasteiger partial charge in [0.05, 0.1) is 23.4 Å². The lowest BCUT2D eigenvalue weighted by molar-refractivity contribution is -0.118. The maximum absolute atomic E-state index is 13.3. The van der Waals surface area contributed by atoms with Gasteiger partial charge in [-0.05, 0) is 37.0 Å². The molecule has 0 aliphatic carbocycles. The first-order valence-corrected chi connectivity index (χ1v) is 11.4. The van der Waals surface area contributed by atoms with Gasteiger partial charge in [0.25, 0.3) is 0 Å². The minimum absolute atomic E-state index is 0.140. The van der Waals surface area contributed by atoms with E-state index in [0.29, 0.717) is 13.0 Å². The number of rotatable bonds is 7. The Morgan fingerprint density at radius 3 is 2.57 bits per heavy atom. The summed E-state index contributed by atoms with van der Waals surface area (Å²) in [7, 11) is 0. The number of anilines is 1. The van der Waals surface area contributed by atoms with Gasteiger partial charge in [0.1, 0.15) is 0 Å². The second-order valence-corrected chi connectivity index (χ2v) is 8.84. The molecular weight excluding hydrogens is 394 g/mol. The van der Waals surface area contributed by atoms with Crippen molar-refractivity contribution < 1.29 is 9.53 Å². The topological polar surface area (TPSA) is 45.7 Å². The smallest absolute Gasteiger partial charge is 0.229 e. The van der Waals surface area contributed by atoms with Crippen molar-refractivity contribution >= 4 is 32.6 Å². The van der Waals surface area contributed by atoms with E-state index in [1.807, 2.05) is 23.1 Å². The number of ether oxygens (including phenoxy) is 1. The van der Waals surface area contributed by atoms with Crippen LogP contribution in [0, 0.1) is 13.8 Å². The van der Waals surface area contributed by atoms with E-state index in [1.54, 1.807) is 11.3 Å². The summed E-state index contributed by atoms with van der Waals surface area (Å²) >= 11 is 1.63. The number of aromatic nitrogens is 1. The van der Waals surface area contributed by atoms with E-state index in [1.165, 1.54) is 15.8 Å². The number of nitrogens with zero attached hydrogens (tertiary/aromatic N) is 3. The van der Waals surface area contributed by atoms with Crippen LogP contribution in [0.3, 0.4) is 0 Å². The molecule has 1 aliphatic heterocycles. The Kier molecular flexibility index (Phi) is 6.77. The van der Waals surface area contributed by atoms with Crippen molar-refractivity contribution in [1.29, 1.82) is 0 Å². The molecule has 1 amide bonds. The van der Waals surface area contributed by atoms with Crippen molar-refractivity contribution in [3.63, 3.8) is 0 Å². The number of thiazole rings is 1. The largest absolute Gasteiger partial charge is 0.379 e. The van der Waals surface area contributed by atoms with E-state index >= 15 is 0 Å². The molecule has 0 bridgehead atoms. The molecule has 0 saturated carbocycles. The Balaban J connectivity index is 1.55. The van der Waals surface area contributed by atoms with Gasteiger partial charge < -0.3 is 4.74 Å². The van der Waals surface area contributed by atoms with Crippen LogP contribution in [-0.2, 0) is 16.0 Å². The predicted molar refractivity (Wildman–Crippen MR) is 123 cm³/mol. The molecule has 30 heavy (non-hydrogen) atoms. The number of fused-ring (bicyclic) bond motifs is 1. The standard InChI is InChI=1S/C24H29N3O2S/c1-18-8-9-19(2)23-22(18)25-24(30-23)27(13-12-26-14-16-29-17-15-26)21(28)11-10-20-6-4-3-5-7-20/h3-9H,10-17H2,1-2H3. The molecular formula is C24H29N3O2S. The van der Waals surface area contributed by atoms with Gasteiger partial charge in [0.2, 0.25) is 5.91 Å². The van der Waals surface area contributed by atoms with E-state index in [-0.39, 0.29) is 5.91 Å². The SMILES string of the molecule is Cc1ccc(C)c2sc(N(CCN3CCOCC3)C(=O)CCc3ccccc3)nc12. The second kappa shape index (κ2) is 9.69. The van der Waals surface area contributed by atoms with E-state index in [4.69, 9.17) is 9.72 Å². The maximum atomic E-state index is 13.3. The lowest BCUT2D eigenvalue weighted by Crippen LogP contribution is -2.43. The van der Waals surface area contributed by atoms with Crippen molar-refractivity contribution in [2.75, 3.05) is 44.3 Å². The first-order chi connectivity index (χ1) is 14.6. The van der Waals surface area contributed by atoms with Gasteiger partial charge in [0, 0.05) is 32.6 Å². The van der Waals surface area contributed by atoms with Crippen LogP contribution in [0.5, 0.6) is 0 Å². The van der Waals surface area contributed by atoms with Crippen LogP contribution in [0.15, 0.2) is 42.5 Å². The number of aryl methyl sites for hydroxylation is 3. The molecule has 6 heteroatoms. The molecule has 1 fully saturated rings. The van der Waals surface area contributed by atoms with Crippen LogP contribution < -0.4 is 4.90 Å². The molecule has 1 aliphatic rings. The summed E-state index contributed by atoms with van der Waals surface area (Å²) < 4.78 is 6.64. The van der Waals surface area contributed by atoms with Gasteiger partial charge in [-0.25, -0.2) is 4.98 Å². The highest BCUT2D eigenvalue weighted by Gasteiger charge is 2.22. The zero-order valence-corrected chi connectivity index (χ0v) is 18.6. The fourth-order valence-corrected chi connectivity index (χ4v) is 4.94. The summed E-state index contributed by atoms with van der Waals surface area (Å²) in [6.07, 6.45) is 1.23. The summed E-state index contributed by atoms with van der Waals surface area (Å²) in [5.41, 5.74) is 4.57. The summed E-state index contributed by atoms with van der Waals surface area (Å²) in [4.78, 5) is 22.4.